The number of rotatable bonds is 3. The zero-order chi connectivity index (χ0) is 11.4. The zero-order valence-corrected chi connectivity index (χ0v) is 10.9. The second-order valence-corrected chi connectivity index (χ2v) is 5.42. The maximum absolute atomic E-state index is 6.14. The molecule has 1 nitrogen and oxygen atoms in total. The molecule has 0 bridgehead atoms. The molecule has 2 N–H and O–H groups in total. The van der Waals surface area contributed by atoms with Crippen molar-refractivity contribution in [2.24, 2.45) is 0 Å². The van der Waals surface area contributed by atoms with Crippen molar-refractivity contribution in [3.05, 3.63) is 33.8 Å². The largest absolute Gasteiger partial charge is 0.340 e. The van der Waals surface area contributed by atoms with Gasteiger partial charge in [0.25, 0.3) is 0 Å². The van der Waals surface area contributed by atoms with Crippen LogP contribution in [0.25, 0.3) is 0 Å². The Bertz CT molecular complexity index is 346. The van der Waals surface area contributed by atoms with Gasteiger partial charge in [0.2, 0.25) is 0 Å². The fourth-order valence-corrected chi connectivity index (χ4v) is 2.84. The van der Waals surface area contributed by atoms with Gasteiger partial charge in [0.15, 0.2) is 0 Å². The first kappa shape index (κ1) is 12.2. The Labute approximate surface area is 107 Å². The van der Waals surface area contributed by atoms with E-state index < -0.39 is 0 Å². The smallest absolute Gasteiger partial charge is 0.103 e. The zero-order valence-electron chi connectivity index (χ0n) is 9.39. The Kier molecular flexibility index (Phi) is 4.51. The summed E-state index contributed by atoms with van der Waals surface area (Å²) in [5, 5.41) is 3.93. The number of nitrogens with two attached hydrogens (primary N) is 1. The van der Waals surface area contributed by atoms with Crippen molar-refractivity contribution in [1.29, 1.82) is 0 Å². The Balaban J connectivity index is 1.88. The molecule has 0 aliphatic heterocycles. The van der Waals surface area contributed by atoms with E-state index in [2.05, 4.69) is 5.32 Å². The fraction of sp³-hybridized carbons (Fsp3) is 0.538. The molecule has 0 atom stereocenters. The second kappa shape index (κ2) is 5.90. The lowest BCUT2D eigenvalue weighted by molar-refractivity contribution is -0.706. The van der Waals surface area contributed by atoms with Gasteiger partial charge in [0, 0.05) is 10.6 Å². The Morgan fingerprint density at radius 2 is 1.88 bits per heavy atom. The van der Waals surface area contributed by atoms with Crippen molar-refractivity contribution in [1.82, 2.24) is 0 Å². The van der Waals surface area contributed by atoms with Gasteiger partial charge < -0.3 is 5.32 Å². The molecule has 1 aromatic carbocycles. The maximum Gasteiger partial charge on any atom is 0.103 e. The molecule has 0 amide bonds. The van der Waals surface area contributed by atoms with Gasteiger partial charge in [0.1, 0.15) is 6.54 Å². The van der Waals surface area contributed by atoms with Crippen LogP contribution in [0.5, 0.6) is 0 Å². The van der Waals surface area contributed by atoms with Crippen LogP contribution in [0.3, 0.4) is 0 Å². The second-order valence-electron chi connectivity index (χ2n) is 4.57. The molecule has 88 valence electrons. The average Bonchev–Trinajstić information content (AvgIpc) is 2.29. The van der Waals surface area contributed by atoms with Gasteiger partial charge in [-0.2, -0.15) is 0 Å². The lowest BCUT2D eigenvalue weighted by Gasteiger charge is -2.20. The minimum atomic E-state index is 0.714. The Morgan fingerprint density at radius 1 is 1.12 bits per heavy atom. The molecular formula is C13H18Cl2N+. The minimum Gasteiger partial charge on any atom is -0.340 e. The number of hydrogen-bond donors (Lipinski definition) is 1. The first-order valence-corrected chi connectivity index (χ1v) is 6.78. The highest BCUT2D eigenvalue weighted by Gasteiger charge is 2.16. The van der Waals surface area contributed by atoms with Crippen LogP contribution >= 0.6 is 23.2 Å². The van der Waals surface area contributed by atoms with Gasteiger partial charge >= 0.3 is 0 Å². The highest BCUT2D eigenvalue weighted by atomic mass is 35.5. The van der Waals surface area contributed by atoms with Gasteiger partial charge in [0.05, 0.1) is 11.1 Å². The third-order valence-corrected chi connectivity index (χ3v) is 3.92. The summed E-state index contributed by atoms with van der Waals surface area (Å²) in [6.07, 6.45) is 6.88. The van der Waals surface area contributed by atoms with Crippen LogP contribution in [0.15, 0.2) is 18.2 Å². The maximum atomic E-state index is 6.14. The highest BCUT2D eigenvalue weighted by molar-refractivity contribution is 6.35. The summed E-state index contributed by atoms with van der Waals surface area (Å²) >= 11 is 12.0. The highest BCUT2D eigenvalue weighted by Crippen LogP contribution is 2.20. The fourth-order valence-electron chi connectivity index (χ4n) is 2.35. The van der Waals surface area contributed by atoms with Gasteiger partial charge in [-0.3, -0.25) is 0 Å². The molecule has 1 aromatic rings. The molecule has 1 aliphatic carbocycles. The predicted octanol–water partition coefficient (Wildman–Crippen LogP) is 3.39. The number of hydrogen-bond acceptors (Lipinski definition) is 0. The minimum absolute atomic E-state index is 0.714. The van der Waals surface area contributed by atoms with Crippen molar-refractivity contribution < 1.29 is 5.32 Å². The van der Waals surface area contributed by atoms with Crippen molar-refractivity contribution in [3.63, 3.8) is 0 Å². The molecule has 0 saturated heterocycles. The van der Waals surface area contributed by atoms with Crippen molar-refractivity contribution in [2.75, 3.05) is 0 Å². The SMILES string of the molecule is Clc1ccc(C[NH2+]C2CCCCC2)c(Cl)c1. The molecule has 0 unspecified atom stereocenters. The van der Waals surface area contributed by atoms with Gasteiger partial charge in [-0.1, -0.05) is 35.7 Å². The summed E-state index contributed by atoms with van der Waals surface area (Å²) < 4.78 is 0. The van der Waals surface area contributed by atoms with Crippen LogP contribution in [0.1, 0.15) is 37.7 Å². The van der Waals surface area contributed by atoms with Gasteiger partial charge in [-0.05, 0) is 37.8 Å². The van der Waals surface area contributed by atoms with Crippen LogP contribution in [0.2, 0.25) is 10.0 Å². The van der Waals surface area contributed by atoms with Crippen LogP contribution in [0, 0.1) is 0 Å². The van der Waals surface area contributed by atoms with Gasteiger partial charge in [-0.25, -0.2) is 0 Å². The van der Waals surface area contributed by atoms with Crippen LogP contribution < -0.4 is 5.32 Å². The molecule has 0 radical (unpaired) electrons. The molecule has 16 heavy (non-hydrogen) atoms. The number of halogens is 2. The third-order valence-electron chi connectivity index (χ3n) is 3.34. The first-order chi connectivity index (χ1) is 7.75. The van der Waals surface area contributed by atoms with Gasteiger partial charge in [-0.15, -0.1) is 0 Å². The van der Waals surface area contributed by atoms with E-state index in [1.807, 2.05) is 18.2 Å². The molecule has 0 spiro atoms. The van der Waals surface area contributed by atoms with E-state index in [1.165, 1.54) is 37.7 Å². The van der Waals surface area contributed by atoms with E-state index in [1.54, 1.807) is 0 Å². The van der Waals surface area contributed by atoms with E-state index >= 15 is 0 Å². The van der Waals surface area contributed by atoms with Crippen molar-refractivity contribution >= 4 is 23.2 Å². The molecule has 0 aromatic heterocycles. The molecule has 1 fully saturated rings. The van der Waals surface area contributed by atoms with Crippen LogP contribution in [-0.4, -0.2) is 6.04 Å². The summed E-state index contributed by atoms with van der Waals surface area (Å²) in [5.41, 5.74) is 1.19. The van der Waals surface area contributed by atoms with Crippen molar-refractivity contribution in [2.45, 2.75) is 44.7 Å². The Hall–Kier alpha value is -0.240. The lowest BCUT2D eigenvalue weighted by Crippen LogP contribution is -2.88. The predicted molar refractivity (Wildman–Crippen MR) is 69.0 cm³/mol. The van der Waals surface area contributed by atoms with E-state index in [-0.39, 0.29) is 0 Å². The summed E-state index contributed by atoms with van der Waals surface area (Å²) in [4.78, 5) is 0. The quantitative estimate of drug-likeness (QED) is 0.856. The number of benzene rings is 1. The third kappa shape index (κ3) is 3.38. The van der Waals surface area contributed by atoms with E-state index in [9.17, 15) is 0 Å². The molecule has 0 heterocycles. The molecular weight excluding hydrogens is 241 g/mol. The van der Waals surface area contributed by atoms with Crippen LogP contribution in [-0.2, 0) is 6.54 Å². The monoisotopic (exact) mass is 258 g/mol. The summed E-state index contributed by atoms with van der Waals surface area (Å²) in [7, 11) is 0. The molecule has 1 saturated carbocycles. The van der Waals surface area contributed by atoms with Crippen LogP contribution in [0.4, 0.5) is 0 Å². The number of quaternary nitrogens is 1. The standard InChI is InChI=1S/C13H17Cl2N/c14-11-7-6-10(13(15)8-11)9-16-12-4-2-1-3-5-12/h6-8,12,16H,1-5,9H2/p+1. The van der Waals surface area contributed by atoms with Crippen molar-refractivity contribution in [3.8, 4) is 0 Å². The summed E-state index contributed by atoms with van der Waals surface area (Å²) in [6, 6.07) is 6.56. The van der Waals surface area contributed by atoms with E-state index in [0.717, 1.165) is 17.6 Å². The van der Waals surface area contributed by atoms with E-state index in [0.29, 0.717) is 5.02 Å². The summed E-state index contributed by atoms with van der Waals surface area (Å²) in [6.45, 7) is 0.973. The lowest BCUT2D eigenvalue weighted by atomic mass is 9.95. The van der Waals surface area contributed by atoms with E-state index in [4.69, 9.17) is 23.2 Å². The molecule has 1 aliphatic rings. The first-order valence-electron chi connectivity index (χ1n) is 6.03. The average molecular weight is 259 g/mol. The normalized spacial score (nSPS) is 17.6. The molecule has 2 rings (SSSR count). The summed E-state index contributed by atoms with van der Waals surface area (Å²) in [5.74, 6) is 0. The Morgan fingerprint density at radius 3 is 2.56 bits per heavy atom. The molecule has 3 heteroatoms. The topological polar surface area (TPSA) is 16.6 Å².